The van der Waals surface area contributed by atoms with E-state index in [1.165, 1.54) is 11.4 Å². The van der Waals surface area contributed by atoms with Gasteiger partial charge in [0.1, 0.15) is 10.6 Å². The molecule has 0 fully saturated rings. The molecule has 0 aliphatic rings. The van der Waals surface area contributed by atoms with Crippen LogP contribution in [0.5, 0.6) is 5.75 Å². The number of hydrogen-bond donors (Lipinski definition) is 1. The van der Waals surface area contributed by atoms with Crippen molar-refractivity contribution in [2.75, 3.05) is 7.11 Å². The molecule has 6 heteroatoms. The molecule has 0 spiro atoms. The summed E-state index contributed by atoms with van der Waals surface area (Å²) >= 11 is 0. The third-order valence-electron chi connectivity index (χ3n) is 3.81. The van der Waals surface area contributed by atoms with Gasteiger partial charge in [0.2, 0.25) is 10.0 Å². The van der Waals surface area contributed by atoms with Crippen LogP contribution in [0.25, 0.3) is 0 Å². The van der Waals surface area contributed by atoms with E-state index in [1.807, 2.05) is 44.2 Å². The summed E-state index contributed by atoms with van der Waals surface area (Å²) in [6.45, 7) is 4.29. The highest BCUT2D eigenvalue weighted by molar-refractivity contribution is 7.89. The van der Waals surface area contributed by atoms with Gasteiger partial charge in [-0.2, -0.15) is 4.31 Å². The fraction of sp³-hybridized carbons (Fsp3) is 0.333. The fourth-order valence-electron chi connectivity index (χ4n) is 2.48. The van der Waals surface area contributed by atoms with E-state index in [0.717, 1.165) is 11.1 Å². The first kappa shape index (κ1) is 18.4. The Labute approximate surface area is 144 Å². The lowest BCUT2D eigenvalue weighted by molar-refractivity contribution is 0.343. The number of methoxy groups -OCH3 is 1. The summed E-state index contributed by atoms with van der Waals surface area (Å²) < 4.78 is 33.2. The molecule has 2 aromatic rings. The Bertz CT molecular complexity index is 774. The molecule has 2 aromatic carbocycles. The van der Waals surface area contributed by atoms with Gasteiger partial charge in [0, 0.05) is 19.1 Å². The Kier molecular flexibility index (Phi) is 5.99. The van der Waals surface area contributed by atoms with Gasteiger partial charge in [-0.3, -0.25) is 0 Å². The number of rotatable bonds is 7. The first-order valence-corrected chi connectivity index (χ1v) is 9.27. The van der Waals surface area contributed by atoms with Crippen LogP contribution in [0, 0.1) is 0 Å². The van der Waals surface area contributed by atoms with Crippen molar-refractivity contribution in [2.24, 2.45) is 5.73 Å². The van der Waals surface area contributed by atoms with Gasteiger partial charge in [-0.25, -0.2) is 8.42 Å². The molecule has 0 saturated heterocycles. The second-order valence-corrected chi connectivity index (χ2v) is 7.68. The van der Waals surface area contributed by atoms with Crippen LogP contribution in [-0.2, 0) is 23.1 Å². The van der Waals surface area contributed by atoms with Gasteiger partial charge in [0.15, 0.2) is 0 Å². The first-order chi connectivity index (χ1) is 11.4. The highest BCUT2D eigenvalue weighted by Crippen LogP contribution is 2.30. The Morgan fingerprint density at radius 1 is 1.08 bits per heavy atom. The molecular formula is C18H24N2O3S. The van der Waals surface area contributed by atoms with Gasteiger partial charge in [-0.05, 0) is 37.1 Å². The minimum atomic E-state index is -3.72. The zero-order valence-corrected chi connectivity index (χ0v) is 15.1. The van der Waals surface area contributed by atoms with Gasteiger partial charge in [0.25, 0.3) is 0 Å². The van der Waals surface area contributed by atoms with Crippen LogP contribution in [0.15, 0.2) is 53.4 Å². The van der Waals surface area contributed by atoms with Crippen LogP contribution in [0.4, 0.5) is 0 Å². The van der Waals surface area contributed by atoms with Crippen LogP contribution >= 0.6 is 0 Å². The average molecular weight is 348 g/mol. The Hall–Kier alpha value is -1.89. The molecule has 2 rings (SSSR count). The van der Waals surface area contributed by atoms with Gasteiger partial charge in [-0.1, -0.05) is 36.4 Å². The van der Waals surface area contributed by atoms with E-state index < -0.39 is 10.0 Å². The molecule has 0 heterocycles. The standard InChI is InChI=1S/C18H24N2O3S/c1-14(2)20(13-15-7-5-4-6-8-15)24(21,22)18-11-16(12-19)9-10-17(18)23-3/h4-11,14H,12-13,19H2,1-3H3. The van der Waals surface area contributed by atoms with E-state index >= 15 is 0 Å². The summed E-state index contributed by atoms with van der Waals surface area (Å²) in [4.78, 5) is 0.151. The van der Waals surface area contributed by atoms with E-state index in [4.69, 9.17) is 10.5 Å². The Morgan fingerprint density at radius 3 is 2.29 bits per heavy atom. The smallest absolute Gasteiger partial charge is 0.247 e. The van der Waals surface area contributed by atoms with Gasteiger partial charge in [-0.15, -0.1) is 0 Å². The lowest BCUT2D eigenvalue weighted by Crippen LogP contribution is -2.36. The van der Waals surface area contributed by atoms with E-state index in [-0.39, 0.29) is 17.5 Å². The lowest BCUT2D eigenvalue weighted by atomic mass is 10.2. The summed E-state index contributed by atoms with van der Waals surface area (Å²) in [5, 5.41) is 0. The third-order valence-corrected chi connectivity index (χ3v) is 5.85. The molecule has 0 aliphatic carbocycles. The number of nitrogens with zero attached hydrogens (tertiary/aromatic N) is 1. The number of nitrogens with two attached hydrogens (primary N) is 1. The SMILES string of the molecule is COc1ccc(CN)cc1S(=O)(=O)N(Cc1ccccc1)C(C)C. The maximum Gasteiger partial charge on any atom is 0.247 e. The van der Waals surface area contributed by atoms with Crippen LogP contribution in [0.3, 0.4) is 0 Å². The maximum atomic E-state index is 13.2. The molecule has 0 saturated carbocycles. The quantitative estimate of drug-likeness (QED) is 0.835. The summed E-state index contributed by atoms with van der Waals surface area (Å²) in [7, 11) is -2.26. The number of ether oxygens (including phenoxy) is 1. The second-order valence-electron chi connectivity index (χ2n) is 5.82. The molecule has 0 aromatic heterocycles. The molecule has 24 heavy (non-hydrogen) atoms. The second kappa shape index (κ2) is 7.79. The van der Waals surface area contributed by atoms with Gasteiger partial charge >= 0.3 is 0 Å². The summed E-state index contributed by atoms with van der Waals surface area (Å²) in [5.41, 5.74) is 7.35. The van der Waals surface area contributed by atoms with Crippen molar-refractivity contribution in [3.8, 4) is 5.75 Å². The molecular weight excluding hydrogens is 324 g/mol. The fourth-order valence-corrected chi connectivity index (χ4v) is 4.32. The monoisotopic (exact) mass is 348 g/mol. The molecule has 0 amide bonds. The van der Waals surface area contributed by atoms with Crippen LogP contribution in [-0.4, -0.2) is 25.9 Å². The molecule has 0 bridgehead atoms. The lowest BCUT2D eigenvalue weighted by Gasteiger charge is -2.27. The van der Waals surface area contributed by atoms with Crippen molar-refractivity contribution in [2.45, 2.75) is 37.9 Å². The van der Waals surface area contributed by atoms with E-state index in [0.29, 0.717) is 12.3 Å². The summed E-state index contributed by atoms with van der Waals surface area (Å²) in [5.74, 6) is 0.325. The van der Waals surface area contributed by atoms with Crippen molar-refractivity contribution in [1.29, 1.82) is 0 Å². The van der Waals surface area contributed by atoms with Crippen LogP contribution in [0.2, 0.25) is 0 Å². The average Bonchev–Trinajstić information content (AvgIpc) is 2.59. The van der Waals surface area contributed by atoms with Crippen molar-refractivity contribution in [3.05, 3.63) is 59.7 Å². The Balaban J connectivity index is 2.49. The van der Waals surface area contributed by atoms with E-state index in [1.54, 1.807) is 18.2 Å². The number of benzene rings is 2. The molecule has 0 atom stereocenters. The maximum absolute atomic E-state index is 13.2. The van der Waals surface area contributed by atoms with Gasteiger partial charge < -0.3 is 10.5 Å². The molecule has 2 N–H and O–H groups in total. The van der Waals surface area contributed by atoms with Gasteiger partial charge in [0.05, 0.1) is 7.11 Å². The molecule has 0 radical (unpaired) electrons. The molecule has 5 nitrogen and oxygen atoms in total. The minimum Gasteiger partial charge on any atom is -0.495 e. The van der Waals surface area contributed by atoms with Crippen molar-refractivity contribution >= 4 is 10.0 Å². The van der Waals surface area contributed by atoms with Crippen molar-refractivity contribution < 1.29 is 13.2 Å². The predicted molar refractivity (Wildman–Crippen MR) is 95.2 cm³/mol. The highest BCUT2D eigenvalue weighted by Gasteiger charge is 2.30. The number of hydrogen-bond acceptors (Lipinski definition) is 4. The largest absolute Gasteiger partial charge is 0.495 e. The normalized spacial score (nSPS) is 11.9. The Morgan fingerprint density at radius 2 is 1.75 bits per heavy atom. The van der Waals surface area contributed by atoms with Crippen molar-refractivity contribution in [1.82, 2.24) is 4.31 Å². The zero-order valence-electron chi connectivity index (χ0n) is 14.3. The topological polar surface area (TPSA) is 72.6 Å². The van der Waals surface area contributed by atoms with Crippen LogP contribution in [0.1, 0.15) is 25.0 Å². The number of sulfonamides is 1. The van der Waals surface area contributed by atoms with Crippen molar-refractivity contribution in [3.63, 3.8) is 0 Å². The summed E-state index contributed by atoms with van der Waals surface area (Å²) in [6.07, 6.45) is 0. The van der Waals surface area contributed by atoms with E-state index in [2.05, 4.69) is 0 Å². The molecule has 0 unspecified atom stereocenters. The third kappa shape index (κ3) is 3.95. The molecule has 130 valence electrons. The van der Waals surface area contributed by atoms with Crippen LogP contribution < -0.4 is 10.5 Å². The first-order valence-electron chi connectivity index (χ1n) is 7.83. The highest BCUT2D eigenvalue weighted by atomic mass is 32.2. The predicted octanol–water partition coefficient (Wildman–Crippen LogP) is 2.75. The molecule has 0 aliphatic heterocycles. The zero-order chi connectivity index (χ0) is 17.7. The van der Waals surface area contributed by atoms with E-state index in [9.17, 15) is 8.42 Å². The summed E-state index contributed by atoms with van der Waals surface area (Å²) in [6, 6.07) is 14.4. The minimum absolute atomic E-state index is 0.151.